The molecule has 342 valence electrons. The molecule has 0 bridgehead atoms. The van der Waals surface area contributed by atoms with Crippen molar-refractivity contribution in [3.63, 3.8) is 0 Å². The summed E-state index contributed by atoms with van der Waals surface area (Å²) >= 11 is 0. The van der Waals surface area contributed by atoms with E-state index in [2.05, 4.69) is 37.2 Å². The highest BCUT2D eigenvalue weighted by atomic mass is 16.4. The Labute approximate surface area is 356 Å². The number of nitrogens with one attached hydrogen (secondary N) is 7. The fourth-order valence-electron chi connectivity index (χ4n) is 6.51. The lowest BCUT2D eigenvalue weighted by molar-refractivity contribution is -0.143. The molecule has 1 fully saturated rings. The molecule has 2 rings (SSSR count). The minimum Gasteiger partial charge on any atom is -0.508 e. The predicted octanol–water partition coefficient (Wildman–Crippen LogP) is -1.31. The number of amides is 7. The van der Waals surface area contributed by atoms with Crippen molar-refractivity contribution in [3.05, 3.63) is 29.8 Å². The van der Waals surface area contributed by atoms with E-state index >= 15 is 0 Å². The predicted molar refractivity (Wildman–Crippen MR) is 224 cm³/mol. The molecule has 1 aromatic carbocycles. The lowest BCUT2D eigenvalue weighted by Gasteiger charge is -2.28. The molecule has 1 aliphatic rings. The Kier molecular flexibility index (Phi) is 23.3. The van der Waals surface area contributed by atoms with E-state index in [1.165, 1.54) is 19.1 Å². The van der Waals surface area contributed by atoms with Crippen LogP contribution in [0.3, 0.4) is 0 Å². The van der Waals surface area contributed by atoms with Gasteiger partial charge in [0.05, 0.1) is 12.1 Å². The van der Waals surface area contributed by atoms with Gasteiger partial charge in [-0.25, -0.2) is 4.79 Å². The van der Waals surface area contributed by atoms with E-state index in [9.17, 15) is 53.7 Å². The van der Waals surface area contributed by atoms with E-state index < -0.39 is 83.8 Å². The van der Waals surface area contributed by atoms with E-state index in [0.717, 1.165) is 0 Å². The van der Waals surface area contributed by atoms with Gasteiger partial charge in [-0.05, 0) is 108 Å². The summed E-state index contributed by atoms with van der Waals surface area (Å²) in [7, 11) is 0. The smallest absolute Gasteiger partial charge is 0.326 e. The Morgan fingerprint density at radius 3 is 1.97 bits per heavy atom. The largest absolute Gasteiger partial charge is 0.508 e. The standard InChI is InChI=1S/C41H67N9O11/c1-24(2)34(41(60)61)49-38(57)31-13-6-9-22-45-33(54)15-10-14-32(53)44-21-8-5-12-30(39(58)50-35(25(3)51)40(59)48-31)47-37(56)29(11-4-7-20-42)46-36(55)28(43)23-26-16-18-27(52)19-17-26/h16-19,24-25,28-31,34-35,51-52H,4-15,20-23,42-43H2,1-3H3,(H,44,53)(H,45,54)(H,46,55)(H,47,56)(H,48,59)(H,49,57)(H,50,58)(H,60,61)/t25-,28+,29+,30+,31?,34+,35?/m1/s1. The molecule has 1 aromatic rings. The number of carbonyl (C=O) groups is 8. The third-order valence-electron chi connectivity index (χ3n) is 10.2. The number of rotatable bonds is 15. The number of unbranched alkanes of at least 4 members (excludes halogenated alkanes) is 1. The van der Waals surface area contributed by atoms with E-state index in [1.807, 2.05) is 0 Å². The minimum absolute atomic E-state index is 0.00239. The molecule has 1 heterocycles. The van der Waals surface area contributed by atoms with Crippen LogP contribution in [0.5, 0.6) is 5.75 Å². The number of aliphatic hydroxyl groups excluding tert-OH is 1. The van der Waals surface area contributed by atoms with Crippen LogP contribution in [0.2, 0.25) is 0 Å². The van der Waals surface area contributed by atoms with Gasteiger partial charge in [0.2, 0.25) is 41.4 Å². The Hall–Kier alpha value is -5.34. The number of phenols is 1. The lowest BCUT2D eigenvalue weighted by Crippen LogP contribution is -2.61. The summed E-state index contributed by atoms with van der Waals surface area (Å²) < 4.78 is 0. The molecule has 61 heavy (non-hydrogen) atoms. The van der Waals surface area contributed by atoms with Crippen molar-refractivity contribution < 1.29 is 53.7 Å². The van der Waals surface area contributed by atoms with Gasteiger partial charge < -0.3 is 64.0 Å². The van der Waals surface area contributed by atoms with Gasteiger partial charge in [-0.15, -0.1) is 0 Å². The molecule has 0 radical (unpaired) electrons. The van der Waals surface area contributed by atoms with Crippen LogP contribution in [0.1, 0.15) is 103 Å². The van der Waals surface area contributed by atoms with E-state index in [1.54, 1.807) is 26.0 Å². The van der Waals surface area contributed by atoms with E-state index in [4.69, 9.17) is 11.5 Å². The fraction of sp³-hybridized carbons (Fsp3) is 0.659. The van der Waals surface area contributed by atoms with Gasteiger partial charge in [-0.2, -0.15) is 0 Å². The van der Waals surface area contributed by atoms with Crippen LogP contribution in [0.15, 0.2) is 24.3 Å². The summed E-state index contributed by atoms with van der Waals surface area (Å²) in [5.41, 5.74) is 12.5. The van der Waals surface area contributed by atoms with Crippen LogP contribution in [0, 0.1) is 5.92 Å². The maximum absolute atomic E-state index is 14.0. The molecule has 7 amide bonds. The number of hydrogen-bond acceptors (Lipinski definition) is 12. The molecular weight excluding hydrogens is 795 g/mol. The number of benzene rings is 1. The quantitative estimate of drug-likeness (QED) is 0.0914. The highest BCUT2D eigenvalue weighted by Crippen LogP contribution is 2.13. The summed E-state index contributed by atoms with van der Waals surface area (Å²) in [5, 5.41) is 48.4. The van der Waals surface area contributed by atoms with Crippen molar-refractivity contribution in [1.82, 2.24) is 37.2 Å². The molecular formula is C41H67N9O11. The normalized spacial score (nSPS) is 21.3. The summed E-state index contributed by atoms with van der Waals surface area (Å²) in [4.78, 5) is 105. The van der Waals surface area contributed by atoms with E-state index in [-0.39, 0.29) is 75.6 Å². The van der Waals surface area contributed by atoms with E-state index in [0.29, 0.717) is 50.6 Å². The first-order valence-electron chi connectivity index (χ1n) is 21.1. The highest BCUT2D eigenvalue weighted by molar-refractivity contribution is 5.96. The maximum atomic E-state index is 14.0. The van der Waals surface area contributed by atoms with Gasteiger partial charge in [-0.1, -0.05) is 26.0 Å². The SMILES string of the molecule is CC(C)[C@H](NC(=O)C1CCCCNC(=O)CCCC(=O)NCCCC[C@H](NC(=O)[C@H](CCCCN)NC(=O)[C@@H](N)Cc2ccc(O)cc2)C(=O)NC([C@@H](C)O)C(=O)N1)C(=O)O. The first kappa shape index (κ1) is 51.8. The van der Waals surface area contributed by atoms with Crippen molar-refractivity contribution in [2.45, 2.75) is 147 Å². The van der Waals surface area contributed by atoms with Gasteiger partial charge in [-0.3, -0.25) is 33.6 Å². The third kappa shape index (κ3) is 19.7. The first-order chi connectivity index (χ1) is 28.9. The van der Waals surface area contributed by atoms with Crippen molar-refractivity contribution in [1.29, 1.82) is 0 Å². The van der Waals surface area contributed by atoms with Crippen LogP contribution in [0.25, 0.3) is 0 Å². The maximum Gasteiger partial charge on any atom is 0.326 e. The summed E-state index contributed by atoms with van der Waals surface area (Å²) in [5.74, 6) is -6.28. The minimum atomic E-state index is -1.64. The second-order valence-corrected chi connectivity index (χ2v) is 15.8. The Balaban J connectivity index is 2.38. The molecule has 0 aliphatic carbocycles. The second-order valence-electron chi connectivity index (χ2n) is 15.8. The average Bonchev–Trinajstić information content (AvgIpc) is 3.20. The molecule has 0 spiro atoms. The number of phenolic OH excluding ortho intramolecular Hbond substituents is 1. The molecule has 2 unspecified atom stereocenters. The van der Waals surface area contributed by atoms with Gasteiger partial charge in [0.25, 0.3) is 0 Å². The average molecular weight is 862 g/mol. The van der Waals surface area contributed by atoms with Crippen LogP contribution < -0.4 is 48.7 Å². The number of aliphatic carboxylic acids is 1. The first-order valence-corrected chi connectivity index (χ1v) is 21.1. The van der Waals surface area contributed by atoms with Crippen molar-refractivity contribution in [2.75, 3.05) is 19.6 Å². The zero-order chi connectivity index (χ0) is 45.5. The summed E-state index contributed by atoms with van der Waals surface area (Å²) in [6, 6.07) is -1.62. The topological polar surface area (TPSA) is 334 Å². The molecule has 1 aliphatic heterocycles. The number of carboxylic acid groups (broad SMARTS) is 1. The fourth-order valence-corrected chi connectivity index (χ4v) is 6.51. The van der Waals surface area contributed by atoms with Gasteiger partial charge in [0, 0.05) is 25.9 Å². The van der Waals surface area contributed by atoms with Gasteiger partial charge >= 0.3 is 5.97 Å². The number of carboxylic acids is 1. The molecule has 20 heteroatoms. The molecule has 20 nitrogen and oxygen atoms in total. The zero-order valence-corrected chi connectivity index (χ0v) is 35.5. The monoisotopic (exact) mass is 861 g/mol. The Morgan fingerprint density at radius 2 is 1.41 bits per heavy atom. The van der Waals surface area contributed by atoms with Crippen molar-refractivity contribution in [2.24, 2.45) is 17.4 Å². The summed E-state index contributed by atoms with van der Waals surface area (Å²) in [6.45, 7) is 5.23. The number of aromatic hydroxyl groups is 1. The number of nitrogens with two attached hydrogens (primary N) is 2. The molecule has 0 saturated carbocycles. The zero-order valence-electron chi connectivity index (χ0n) is 35.5. The lowest BCUT2D eigenvalue weighted by atomic mass is 10.0. The van der Waals surface area contributed by atoms with Crippen LogP contribution in [0.4, 0.5) is 0 Å². The number of aliphatic hydroxyl groups is 1. The molecule has 0 aromatic heterocycles. The van der Waals surface area contributed by atoms with Crippen molar-refractivity contribution in [3.8, 4) is 5.75 Å². The number of carbonyl (C=O) groups excluding carboxylic acids is 7. The van der Waals surface area contributed by atoms with Gasteiger partial charge in [0.1, 0.15) is 36.0 Å². The number of hydrogen-bond donors (Lipinski definition) is 12. The van der Waals surface area contributed by atoms with Crippen LogP contribution in [-0.4, -0.2) is 125 Å². The highest BCUT2D eigenvalue weighted by Gasteiger charge is 2.35. The molecule has 7 atom stereocenters. The summed E-state index contributed by atoms with van der Waals surface area (Å²) in [6.07, 6.45) is 1.56. The van der Waals surface area contributed by atoms with Crippen molar-refractivity contribution >= 4 is 47.3 Å². The van der Waals surface area contributed by atoms with Crippen LogP contribution in [-0.2, 0) is 44.8 Å². The van der Waals surface area contributed by atoms with Gasteiger partial charge in [0.15, 0.2) is 0 Å². The Morgan fingerprint density at radius 1 is 0.803 bits per heavy atom. The Bertz CT molecular complexity index is 1610. The third-order valence-corrected chi connectivity index (χ3v) is 10.2. The molecule has 1 saturated heterocycles. The molecule has 14 N–H and O–H groups in total. The van der Waals surface area contributed by atoms with Crippen LogP contribution >= 0.6 is 0 Å². The second kappa shape index (κ2) is 27.5.